The highest BCUT2D eigenvalue weighted by atomic mass is 35.5. The molecule has 0 aliphatic carbocycles. The Morgan fingerprint density at radius 3 is 2.47 bits per heavy atom. The minimum Gasteiger partial charge on any atom is -0.350 e. The highest BCUT2D eigenvalue weighted by Crippen LogP contribution is 2.25. The monoisotopic (exact) mass is 423 g/mol. The number of nitrogens with zero attached hydrogens (tertiary/aromatic N) is 4. The van der Waals surface area contributed by atoms with Gasteiger partial charge in [-0.05, 0) is 61.8 Å². The second-order valence-electron chi connectivity index (χ2n) is 7.58. The number of carbonyl (C=O) groups excluding carboxylic acids is 1. The summed E-state index contributed by atoms with van der Waals surface area (Å²) in [6.07, 6.45) is 10.0. The van der Waals surface area contributed by atoms with Gasteiger partial charge in [0, 0.05) is 30.2 Å². The van der Waals surface area contributed by atoms with Gasteiger partial charge in [-0.1, -0.05) is 36.6 Å². The number of pyridine rings is 1. The van der Waals surface area contributed by atoms with Gasteiger partial charge >= 0.3 is 0 Å². The van der Waals surface area contributed by atoms with Crippen LogP contribution in [0.15, 0.2) is 61.1 Å². The Morgan fingerprint density at radius 1 is 1.07 bits per heavy atom. The van der Waals surface area contributed by atoms with Crippen LogP contribution < -0.4 is 5.32 Å². The predicted octanol–water partition coefficient (Wildman–Crippen LogP) is 4.27. The van der Waals surface area contributed by atoms with Crippen LogP contribution in [0.1, 0.15) is 47.6 Å². The Kier molecular flexibility index (Phi) is 6.77. The number of carbonyl (C=O) groups is 1. The molecule has 1 atom stereocenters. The lowest BCUT2D eigenvalue weighted by Gasteiger charge is -2.31. The van der Waals surface area contributed by atoms with Gasteiger partial charge in [0.2, 0.25) is 0 Å². The molecule has 0 saturated carbocycles. The van der Waals surface area contributed by atoms with Crippen LogP contribution in [0.3, 0.4) is 0 Å². The Balaban J connectivity index is 1.45. The summed E-state index contributed by atoms with van der Waals surface area (Å²) in [6.45, 7) is 2.63. The Bertz CT molecular complexity index is 933. The topological polar surface area (TPSA) is 63.1 Å². The lowest BCUT2D eigenvalue weighted by molar-refractivity contribution is 0.0933. The largest absolute Gasteiger partial charge is 0.350 e. The predicted molar refractivity (Wildman–Crippen MR) is 118 cm³/mol. The molecule has 3 aromatic rings. The van der Waals surface area contributed by atoms with E-state index in [4.69, 9.17) is 11.6 Å². The van der Waals surface area contributed by atoms with E-state index in [1.54, 1.807) is 29.2 Å². The fraction of sp³-hybridized carbons (Fsp3) is 0.348. The zero-order valence-electron chi connectivity index (χ0n) is 16.9. The van der Waals surface area contributed by atoms with Crippen molar-refractivity contribution in [3.05, 3.63) is 77.2 Å². The van der Waals surface area contributed by atoms with E-state index in [-0.39, 0.29) is 11.9 Å². The molecule has 30 heavy (non-hydrogen) atoms. The number of aromatic nitrogens is 3. The van der Waals surface area contributed by atoms with Crippen molar-refractivity contribution in [1.29, 1.82) is 0 Å². The van der Waals surface area contributed by atoms with E-state index < -0.39 is 0 Å². The highest BCUT2D eigenvalue weighted by Gasteiger charge is 2.22. The first-order chi connectivity index (χ1) is 14.7. The van der Waals surface area contributed by atoms with Gasteiger partial charge in [-0.3, -0.25) is 9.69 Å². The van der Waals surface area contributed by atoms with Gasteiger partial charge in [0.25, 0.3) is 5.91 Å². The number of halogens is 1. The number of hydrogen-bond donors (Lipinski definition) is 1. The Hall–Kier alpha value is -2.70. The number of amides is 1. The molecule has 7 heteroatoms. The first-order valence-corrected chi connectivity index (χ1v) is 10.8. The first kappa shape index (κ1) is 20.6. The number of likely N-dealkylation sites (tertiary alicyclic amines) is 1. The van der Waals surface area contributed by atoms with E-state index in [0.29, 0.717) is 17.9 Å². The van der Waals surface area contributed by atoms with E-state index in [1.807, 2.05) is 24.4 Å². The molecule has 0 spiro atoms. The summed E-state index contributed by atoms with van der Waals surface area (Å²) in [4.78, 5) is 19.6. The maximum absolute atomic E-state index is 12.8. The third kappa shape index (κ3) is 5.07. The van der Waals surface area contributed by atoms with Crippen molar-refractivity contribution in [2.75, 3.05) is 19.6 Å². The molecule has 1 aromatic carbocycles. The van der Waals surface area contributed by atoms with Crippen molar-refractivity contribution in [1.82, 2.24) is 25.0 Å². The molecule has 0 radical (unpaired) electrons. The Morgan fingerprint density at radius 2 is 1.83 bits per heavy atom. The molecular formula is C23H26ClN5O. The van der Waals surface area contributed by atoms with Crippen LogP contribution in [0.2, 0.25) is 5.02 Å². The SMILES string of the molecule is O=C(NC[C@@H](c1ccc(Cl)cc1)N1CCCCCC1)c1ccc(-n2cccn2)nc1. The fourth-order valence-electron chi connectivity index (χ4n) is 3.90. The maximum atomic E-state index is 12.8. The van der Waals surface area contributed by atoms with E-state index in [0.717, 1.165) is 18.1 Å². The molecule has 1 aliphatic rings. The molecule has 1 amide bonds. The maximum Gasteiger partial charge on any atom is 0.252 e. The van der Waals surface area contributed by atoms with Gasteiger partial charge in [0.1, 0.15) is 0 Å². The van der Waals surface area contributed by atoms with Gasteiger partial charge in [-0.25, -0.2) is 9.67 Å². The summed E-state index contributed by atoms with van der Waals surface area (Å²) in [5.41, 5.74) is 1.71. The van der Waals surface area contributed by atoms with E-state index in [9.17, 15) is 4.79 Å². The van der Waals surface area contributed by atoms with E-state index >= 15 is 0 Å². The summed E-state index contributed by atoms with van der Waals surface area (Å²) in [5.74, 6) is 0.559. The third-order valence-corrected chi connectivity index (χ3v) is 5.79. The van der Waals surface area contributed by atoms with Crippen LogP contribution in [-0.2, 0) is 0 Å². The van der Waals surface area contributed by atoms with Crippen molar-refractivity contribution in [3.63, 3.8) is 0 Å². The van der Waals surface area contributed by atoms with Crippen LogP contribution in [0.5, 0.6) is 0 Å². The van der Waals surface area contributed by atoms with Crippen molar-refractivity contribution < 1.29 is 4.79 Å². The van der Waals surface area contributed by atoms with Crippen molar-refractivity contribution >= 4 is 17.5 Å². The summed E-state index contributed by atoms with van der Waals surface area (Å²) in [7, 11) is 0. The molecule has 156 valence electrons. The average Bonchev–Trinajstić information content (AvgIpc) is 3.19. The summed E-state index contributed by atoms with van der Waals surface area (Å²) in [5, 5.41) is 7.99. The van der Waals surface area contributed by atoms with Gasteiger partial charge < -0.3 is 5.32 Å². The van der Waals surface area contributed by atoms with Crippen molar-refractivity contribution in [2.45, 2.75) is 31.7 Å². The van der Waals surface area contributed by atoms with E-state index in [2.05, 4.69) is 32.4 Å². The van der Waals surface area contributed by atoms with Crippen LogP contribution >= 0.6 is 11.6 Å². The lowest BCUT2D eigenvalue weighted by atomic mass is 10.0. The van der Waals surface area contributed by atoms with Crippen LogP contribution in [0, 0.1) is 0 Å². The van der Waals surface area contributed by atoms with Gasteiger partial charge in [0.05, 0.1) is 11.6 Å². The standard InChI is InChI=1S/C23H26ClN5O/c24-20-9-6-18(7-10-20)21(28-13-3-1-2-4-14-28)17-26-23(30)19-8-11-22(25-16-19)29-15-5-12-27-29/h5-12,15-16,21H,1-4,13-14,17H2,(H,26,30)/t21-/m0/s1. The average molecular weight is 424 g/mol. The molecule has 1 N–H and O–H groups in total. The molecular weight excluding hydrogens is 398 g/mol. The Labute approximate surface area is 181 Å². The summed E-state index contributed by atoms with van der Waals surface area (Å²) in [6, 6.07) is 13.5. The minimum atomic E-state index is -0.122. The smallest absolute Gasteiger partial charge is 0.252 e. The number of rotatable bonds is 6. The zero-order valence-corrected chi connectivity index (χ0v) is 17.6. The molecule has 4 rings (SSSR count). The zero-order chi connectivity index (χ0) is 20.8. The van der Waals surface area contributed by atoms with Gasteiger partial charge in [0.15, 0.2) is 5.82 Å². The molecule has 1 aliphatic heterocycles. The summed E-state index contributed by atoms with van der Waals surface area (Å²) >= 11 is 6.09. The molecule has 2 aromatic heterocycles. The number of nitrogens with one attached hydrogen (secondary N) is 1. The lowest BCUT2D eigenvalue weighted by Crippen LogP contribution is -2.38. The van der Waals surface area contributed by atoms with Crippen molar-refractivity contribution in [3.8, 4) is 5.82 Å². The minimum absolute atomic E-state index is 0.122. The molecule has 3 heterocycles. The number of benzene rings is 1. The normalized spacial score (nSPS) is 16.0. The van der Waals surface area contributed by atoms with Gasteiger partial charge in [-0.2, -0.15) is 5.10 Å². The van der Waals surface area contributed by atoms with Crippen LogP contribution in [0.25, 0.3) is 5.82 Å². The molecule has 1 saturated heterocycles. The molecule has 1 fully saturated rings. The fourth-order valence-corrected chi connectivity index (χ4v) is 4.03. The van der Waals surface area contributed by atoms with Gasteiger partial charge in [-0.15, -0.1) is 0 Å². The number of hydrogen-bond acceptors (Lipinski definition) is 4. The van der Waals surface area contributed by atoms with E-state index in [1.165, 1.54) is 31.2 Å². The summed E-state index contributed by atoms with van der Waals surface area (Å²) < 4.78 is 1.66. The molecule has 0 unspecified atom stereocenters. The second kappa shape index (κ2) is 9.87. The molecule has 0 bridgehead atoms. The highest BCUT2D eigenvalue weighted by molar-refractivity contribution is 6.30. The third-order valence-electron chi connectivity index (χ3n) is 5.54. The van der Waals surface area contributed by atoms with Crippen LogP contribution in [0.4, 0.5) is 0 Å². The first-order valence-electron chi connectivity index (χ1n) is 10.4. The van der Waals surface area contributed by atoms with Crippen LogP contribution in [-0.4, -0.2) is 45.2 Å². The molecule has 6 nitrogen and oxygen atoms in total. The van der Waals surface area contributed by atoms with Crippen molar-refractivity contribution in [2.24, 2.45) is 0 Å². The quantitative estimate of drug-likeness (QED) is 0.643. The second-order valence-corrected chi connectivity index (χ2v) is 8.02.